The Balaban J connectivity index is 2.01. The summed E-state index contributed by atoms with van der Waals surface area (Å²) in [7, 11) is 1.88. The fourth-order valence-corrected chi connectivity index (χ4v) is 4.11. The summed E-state index contributed by atoms with van der Waals surface area (Å²) >= 11 is 0. The van der Waals surface area contributed by atoms with E-state index >= 15 is 0 Å². The molecular weight excluding hydrogens is 482 g/mol. The molecule has 0 spiro atoms. The largest absolute Gasteiger partial charge is 0.389 e. The van der Waals surface area contributed by atoms with Crippen LogP contribution in [-0.2, 0) is 6.42 Å². The number of nitrogens with one attached hydrogen (secondary N) is 1. The van der Waals surface area contributed by atoms with E-state index in [-0.39, 0.29) is 0 Å². The van der Waals surface area contributed by atoms with Crippen LogP contribution in [0, 0.1) is 0 Å². The Morgan fingerprint density at radius 3 is 2.05 bits per heavy atom. The molecule has 0 unspecified atom stereocenters. The second-order valence-corrected chi connectivity index (χ2v) is 9.61. The van der Waals surface area contributed by atoms with E-state index in [1.807, 2.05) is 50.4 Å². The lowest BCUT2D eigenvalue weighted by atomic mass is 9.94. The third kappa shape index (κ3) is 8.99. The lowest BCUT2D eigenvalue weighted by Gasteiger charge is -2.11. The standard InChI is InChI=1S/C39H41N/c1-7-9-11-14-31(4)33(20-18-32(5)40-6)21-27-38-29-39(28-26-36(38)19-17-30(3)8-2)37-24-22-35(23-25-37)34-15-12-10-13-16-34/h7-26,28-29,40H,4-5,27H2,1-3,6H3/b9-7-,14-11-,19-17-,20-18-,30-8-,33-21+. The van der Waals surface area contributed by atoms with Crippen LogP contribution >= 0.6 is 0 Å². The summed E-state index contributed by atoms with van der Waals surface area (Å²) in [5.41, 5.74) is 11.4. The number of allylic oxidation sites excluding steroid dienone is 12. The van der Waals surface area contributed by atoms with Crippen molar-refractivity contribution < 1.29 is 0 Å². The van der Waals surface area contributed by atoms with Crippen LogP contribution in [0.15, 0.2) is 163 Å². The molecule has 3 aromatic carbocycles. The first-order chi connectivity index (χ1) is 19.4. The maximum absolute atomic E-state index is 4.32. The van der Waals surface area contributed by atoms with Gasteiger partial charge in [-0.25, -0.2) is 0 Å². The topological polar surface area (TPSA) is 12.0 Å². The van der Waals surface area contributed by atoms with Crippen LogP contribution in [0.5, 0.6) is 0 Å². The summed E-state index contributed by atoms with van der Waals surface area (Å²) < 4.78 is 0. The quantitative estimate of drug-likeness (QED) is 0.233. The number of likely N-dealkylation sites (N-methyl/N-ethyl adjacent to an activating group) is 1. The second kappa shape index (κ2) is 15.7. The average Bonchev–Trinajstić information content (AvgIpc) is 3.00. The van der Waals surface area contributed by atoms with Gasteiger partial charge in [-0.15, -0.1) is 0 Å². The Labute approximate surface area is 241 Å². The van der Waals surface area contributed by atoms with E-state index < -0.39 is 0 Å². The zero-order chi connectivity index (χ0) is 28.7. The molecule has 1 N–H and O–H groups in total. The Bertz CT molecular complexity index is 1470. The van der Waals surface area contributed by atoms with Gasteiger partial charge in [0.25, 0.3) is 0 Å². The molecule has 1 nitrogen and oxygen atoms in total. The van der Waals surface area contributed by atoms with Gasteiger partial charge in [0.2, 0.25) is 0 Å². The van der Waals surface area contributed by atoms with Crippen LogP contribution in [0.3, 0.4) is 0 Å². The molecule has 3 rings (SSSR count). The van der Waals surface area contributed by atoms with E-state index in [1.54, 1.807) is 0 Å². The first-order valence-corrected chi connectivity index (χ1v) is 13.8. The van der Waals surface area contributed by atoms with Gasteiger partial charge in [-0.3, -0.25) is 0 Å². The zero-order valence-corrected chi connectivity index (χ0v) is 24.3. The lowest BCUT2D eigenvalue weighted by Crippen LogP contribution is -2.00. The smallest absolute Gasteiger partial charge is 0.0264 e. The fraction of sp³-hybridized carbons (Fsp3) is 0.128. The SMILES string of the molecule is C=C(/C=C\C(=C/Cc1cc(-c2ccc(-c3ccccc3)cc2)ccc1/C=C\C(C)=C/C)C(=C)/C=C\C=C/C)NC. The molecule has 3 aromatic rings. The molecule has 202 valence electrons. The molecule has 0 saturated carbocycles. The van der Waals surface area contributed by atoms with Crippen LogP contribution in [0.1, 0.15) is 31.9 Å². The van der Waals surface area contributed by atoms with Crippen molar-refractivity contribution >= 4 is 6.08 Å². The molecule has 0 radical (unpaired) electrons. The highest BCUT2D eigenvalue weighted by Crippen LogP contribution is 2.28. The summed E-state index contributed by atoms with van der Waals surface area (Å²) in [6.45, 7) is 14.6. The maximum atomic E-state index is 4.32. The number of hydrogen-bond acceptors (Lipinski definition) is 1. The van der Waals surface area contributed by atoms with Gasteiger partial charge in [0.15, 0.2) is 0 Å². The molecular formula is C39H41N. The predicted molar refractivity (Wildman–Crippen MR) is 178 cm³/mol. The van der Waals surface area contributed by atoms with Crippen molar-refractivity contribution in [1.29, 1.82) is 0 Å². The Morgan fingerprint density at radius 2 is 1.40 bits per heavy atom. The van der Waals surface area contributed by atoms with Crippen LogP contribution in [-0.4, -0.2) is 7.05 Å². The first-order valence-electron chi connectivity index (χ1n) is 13.8. The molecule has 0 bridgehead atoms. The van der Waals surface area contributed by atoms with E-state index in [0.29, 0.717) is 0 Å². The molecule has 0 aliphatic carbocycles. The minimum Gasteiger partial charge on any atom is -0.389 e. The van der Waals surface area contributed by atoms with E-state index in [9.17, 15) is 0 Å². The Kier molecular flexibility index (Phi) is 11.8. The molecule has 0 saturated heterocycles. The number of benzene rings is 3. The molecule has 0 heterocycles. The van der Waals surface area contributed by atoms with Crippen molar-refractivity contribution in [3.05, 3.63) is 174 Å². The normalized spacial score (nSPS) is 12.7. The highest BCUT2D eigenvalue weighted by atomic mass is 14.8. The van der Waals surface area contributed by atoms with Crippen molar-refractivity contribution in [3.63, 3.8) is 0 Å². The van der Waals surface area contributed by atoms with Crippen LogP contribution in [0.2, 0.25) is 0 Å². The lowest BCUT2D eigenvalue weighted by molar-refractivity contribution is 1.04. The minimum atomic E-state index is 0.771. The van der Waals surface area contributed by atoms with E-state index in [1.165, 1.54) is 39.0 Å². The second-order valence-electron chi connectivity index (χ2n) is 9.61. The molecule has 0 fully saturated rings. The van der Waals surface area contributed by atoms with Gasteiger partial charge < -0.3 is 5.32 Å². The number of hydrogen-bond donors (Lipinski definition) is 1. The van der Waals surface area contributed by atoms with Crippen molar-refractivity contribution in [2.45, 2.75) is 27.2 Å². The maximum Gasteiger partial charge on any atom is 0.0264 e. The summed E-state index contributed by atoms with van der Waals surface area (Å²) in [5, 5.41) is 3.09. The summed E-state index contributed by atoms with van der Waals surface area (Å²) in [4.78, 5) is 0. The van der Waals surface area contributed by atoms with Crippen molar-refractivity contribution in [1.82, 2.24) is 5.32 Å². The van der Waals surface area contributed by atoms with Gasteiger partial charge in [-0.05, 0) is 77.8 Å². The van der Waals surface area contributed by atoms with Crippen molar-refractivity contribution in [2.75, 3.05) is 7.05 Å². The van der Waals surface area contributed by atoms with Crippen LogP contribution < -0.4 is 5.32 Å². The molecule has 1 heteroatoms. The predicted octanol–water partition coefficient (Wildman–Crippen LogP) is 10.4. The summed E-state index contributed by atoms with van der Waals surface area (Å²) in [6, 6.07) is 26.1. The fourth-order valence-electron chi connectivity index (χ4n) is 4.11. The Morgan fingerprint density at radius 1 is 0.750 bits per heavy atom. The minimum absolute atomic E-state index is 0.771. The van der Waals surface area contributed by atoms with Gasteiger partial charge >= 0.3 is 0 Å². The van der Waals surface area contributed by atoms with Crippen LogP contribution in [0.4, 0.5) is 0 Å². The van der Waals surface area contributed by atoms with Gasteiger partial charge in [0.05, 0.1) is 0 Å². The highest BCUT2D eigenvalue weighted by molar-refractivity contribution is 5.72. The average molecular weight is 524 g/mol. The van der Waals surface area contributed by atoms with Gasteiger partial charge in [-0.2, -0.15) is 0 Å². The molecule has 0 aromatic heterocycles. The summed E-state index contributed by atoms with van der Waals surface area (Å²) in [5.74, 6) is 0. The number of rotatable bonds is 12. The first kappa shape index (κ1) is 29.9. The summed E-state index contributed by atoms with van der Waals surface area (Å²) in [6.07, 6.45) is 21.7. The van der Waals surface area contributed by atoms with Gasteiger partial charge in [0.1, 0.15) is 0 Å². The van der Waals surface area contributed by atoms with Gasteiger partial charge in [0, 0.05) is 12.7 Å². The van der Waals surface area contributed by atoms with Gasteiger partial charge in [-0.1, -0.05) is 146 Å². The Hall–Kier alpha value is -4.62. The molecule has 0 amide bonds. The molecule has 0 aliphatic rings. The van der Waals surface area contributed by atoms with Crippen molar-refractivity contribution in [2.24, 2.45) is 0 Å². The third-order valence-electron chi connectivity index (χ3n) is 6.75. The van der Waals surface area contributed by atoms with E-state index in [2.05, 4.69) is 129 Å². The van der Waals surface area contributed by atoms with Crippen LogP contribution in [0.25, 0.3) is 28.3 Å². The molecule has 40 heavy (non-hydrogen) atoms. The molecule has 0 atom stereocenters. The molecule has 0 aliphatic heterocycles. The van der Waals surface area contributed by atoms with Crippen molar-refractivity contribution in [3.8, 4) is 22.3 Å². The monoisotopic (exact) mass is 523 g/mol. The van der Waals surface area contributed by atoms with E-state index in [0.717, 1.165) is 23.3 Å². The van der Waals surface area contributed by atoms with E-state index in [4.69, 9.17) is 0 Å². The highest BCUT2D eigenvalue weighted by Gasteiger charge is 2.06. The zero-order valence-electron chi connectivity index (χ0n) is 24.3. The third-order valence-corrected chi connectivity index (χ3v) is 6.75.